The maximum Gasteiger partial charge on any atom is 0.340 e. The second-order valence-corrected chi connectivity index (χ2v) is 8.85. The molecule has 1 saturated carbocycles. The van der Waals surface area contributed by atoms with E-state index in [1.54, 1.807) is 0 Å². The van der Waals surface area contributed by atoms with E-state index in [0.29, 0.717) is 31.4 Å². The average molecular weight is 409 g/mol. The molecule has 30 heavy (non-hydrogen) atoms. The van der Waals surface area contributed by atoms with Crippen molar-refractivity contribution in [3.8, 4) is 0 Å². The minimum Gasteiger partial charge on any atom is -0.342 e. The van der Waals surface area contributed by atoms with Crippen LogP contribution in [0, 0.1) is 17.8 Å². The zero-order chi connectivity index (χ0) is 20.7. The van der Waals surface area contributed by atoms with Gasteiger partial charge in [-0.05, 0) is 18.4 Å². The lowest BCUT2D eigenvalue weighted by Gasteiger charge is -2.31. The van der Waals surface area contributed by atoms with Crippen molar-refractivity contribution in [3.63, 3.8) is 0 Å². The van der Waals surface area contributed by atoms with Gasteiger partial charge in [-0.15, -0.1) is 0 Å². The van der Waals surface area contributed by atoms with Gasteiger partial charge in [0.25, 0.3) is 0 Å². The van der Waals surface area contributed by atoms with Crippen LogP contribution in [0.3, 0.4) is 0 Å². The van der Waals surface area contributed by atoms with Crippen molar-refractivity contribution in [2.45, 2.75) is 38.1 Å². The fourth-order valence-electron chi connectivity index (χ4n) is 5.60. The standard InChI is InChI=1S/C22H27N5O3/c28-19(10-18-23-22(30)25-24-18)26-11-16-12-27(21(29)15-8-4-5-9-15)20(17(16)13-26)14-6-2-1-3-7-14/h1-3,6-7,15-17,20H,4-5,8-13H2,(H2,23,24,25,30)/t16-,17-,20-/m0/s1. The maximum atomic E-state index is 13.3. The van der Waals surface area contributed by atoms with E-state index in [2.05, 4.69) is 32.2 Å². The van der Waals surface area contributed by atoms with E-state index >= 15 is 0 Å². The van der Waals surface area contributed by atoms with Crippen LogP contribution in [0.2, 0.25) is 0 Å². The number of amides is 2. The molecule has 8 heteroatoms. The molecule has 2 saturated heterocycles. The van der Waals surface area contributed by atoms with Gasteiger partial charge in [0.05, 0.1) is 12.5 Å². The first-order valence-electron chi connectivity index (χ1n) is 10.9. The number of aromatic nitrogens is 3. The van der Waals surface area contributed by atoms with E-state index in [9.17, 15) is 14.4 Å². The highest BCUT2D eigenvalue weighted by atomic mass is 16.2. The van der Waals surface area contributed by atoms with Crippen LogP contribution in [0.1, 0.15) is 43.1 Å². The Kier molecular flexibility index (Phi) is 4.92. The molecule has 1 aliphatic carbocycles. The van der Waals surface area contributed by atoms with Crippen LogP contribution in [0.4, 0.5) is 0 Å². The fourth-order valence-corrected chi connectivity index (χ4v) is 5.60. The second kappa shape index (κ2) is 7.74. The predicted molar refractivity (Wildman–Crippen MR) is 109 cm³/mol. The lowest BCUT2D eigenvalue weighted by molar-refractivity contribution is -0.137. The molecular weight excluding hydrogens is 382 g/mol. The van der Waals surface area contributed by atoms with E-state index < -0.39 is 5.69 Å². The third-order valence-electron chi connectivity index (χ3n) is 7.01. The third kappa shape index (κ3) is 3.44. The van der Waals surface area contributed by atoms with Crippen molar-refractivity contribution >= 4 is 11.8 Å². The number of carbonyl (C=O) groups excluding carboxylic acids is 2. The highest BCUT2D eigenvalue weighted by Gasteiger charge is 2.50. The number of H-pyrrole nitrogens is 2. The topological polar surface area (TPSA) is 102 Å². The number of aromatic amines is 2. The first kappa shape index (κ1) is 19.1. The van der Waals surface area contributed by atoms with Gasteiger partial charge in [0, 0.05) is 37.4 Å². The lowest BCUT2D eigenvalue weighted by atomic mass is 9.89. The van der Waals surface area contributed by atoms with Crippen LogP contribution < -0.4 is 5.69 Å². The molecule has 0 radical (unpaired) electrons. The highest BCUT2D eigenvalue weighted by molar-refractivity contribution is 5.81. The van der Waals surface area contributed by atoms with Crippen LogP contribution >= 0.6 is 0 Å². The molecule has 3 fully saturated rings. The van der Waals surface area contributed by atoms with E-state index in [4.69, 9.17) is 0 Å². The molecule has 3 atom stereocenters. The van der Waals surface area contributed by atoms with Gasteiger partial charge in [-0.3, -0.25) is 14.6 Å². The molecule has 0 bridgehead atoms. The molecule has 2 N–H and O–H groups in total. The Bertz CT molecular complexity index is 978. The lowest BCUT2D eigenvalue weighted by Crippen LogP contribution is -2.40. The summed E-state index contributed by atoms with van der Waals surface area (Å²) in [6.07, 6.45) is 4.37. The number of hydrogen-bond acceptors (Lipinski definition) is 4. The average Bonchev–Trinajstić information content (AvgIpc) is 3.52. The number of fused-ring (bicyclic) bond motifs is 1. The molecule has 2 amide bonds. The molecule has 2 aromatic rings. The highest BCUT2D eigenvalue weighted by Crippen LogP contribution is 2.46. The molecule has 2 aliphatic heterocycles. The van der Waals surface area contributed by atoms with Crippen LogP contribution in [0.15, 0.2) is 35.1 Å². The number of likely N-dealkylation sites (tertiary alicyclic amines) is 2. The first-order chi connectivity index (χ1) is 14.6. The molecular formula is C22H27N5O3. The number of nitrogens with one attached hydrogen (secondary N) is 2. The number of rotatable bonds is 4. The Morgan fingerprint density at radius 1 is 1.07 bits per heavy atom. The smallest absolute Gasteiger partial charge is 0.340 e. The summed E-state index contributed by atoms with van der Waals surface area (Å²) < 4.78 is 0. The van der Waals surface area contributed by atoms with Gasteiger partial charge in [-0.2, -0.15) is 5.10 Å². The van der Waals surface area contributed by atoms with Gasteiger partial charge in [0.15, 0.2) is 0 Å². The molecule has 3 aliphatic rings. The first-order valence-corrected chi connectivity index (χ1v) is 10.9. The summed E-state index contributed by atoms with van der Waals surface area (Å²) in [5, 5.41) is 6.15. The molecule has 1 aromatic carbocycles. The van der Waals surface area contributed by atoms with E-state index in [-0.39, 0.29) is 36.1 Å². The molecule has 0 unspecified atom stereocenters. The number of hydrogen-bond donors (Lipinski definition) is 2. The fraction of sp³-hybridized carbons (Fsp3) is 0.545. The van der Waals surface area contributed by atoms with Gasteiger partial charge in [-0.1, -0.05) is 43.2 Å². The van der Waals surface area contributed by atoms with E-state index in [0.717, 1.165) is 31.2 Å². The van der Waals surface area contributed by atoms with Gasteiger partial charge in [0.1, 0.15) is 5.82 Å². The van der Waals surface area contributed by atoms with Crippen molar-refractivity contribution in [1.82, 2.24) is 25.0 Å². The summed E-state index contributed by atoms with van der Waals surface area (Å²) in [4.78, 5) is 43.9. The number of benzene rings is 1. The third-order valence-corrected chi connectivity index (χ3v) is 7.01. The van der Waals surface area contributed by atoms with Crippen LogP contribution in [0.5, 0.6) is 0 Å². The van der Waals surface area contributed by atoms with E-state index in [1.165, 1.54) is 0 Å². The largest absolute Gasteiger partial charge is 0.342 e. The summed E-state index contributed by atoms with van der Waals surface area (Å²) >= 11 is 0. The summed E-state index contributed by atoms with van der Waals surface area (Å²) in [6.45, 7) is 1.99. The van der Waals surface area contributed by atoms with Crippen molar-refractivity contribution < 1.29 is 9.59 Å². The molecule has 5 rings (SSSR count). The van der Waals surface area contributed by atoms with Gasteiger partial charge < -0.3 is 9.80 Å². The predicted octanol–water partition coefficient (Wildman–Crippen LogP) is 1.49. The molecule has 8 nitrogen and oxygen atoms in total. The Morgan fingerprint density at radius 3 is 2.53 bits per heavy atom. The summed E-state index contributed by atoms with van der Waals surface area (Å²) in [5.74, 6) is 1.29. The summed E-state index contributed by atoms with van der Waals surface area (Å²) in [6, 6.07) is 10.3. The number of carbonyl (C=O) groups is 2. The molecule has 1 aromatic heterocycles. The maximum absolute atomic E-state index is 13.3. The monoisotopic (exact) mass is 409 g/mol. The zero-order valence-electron chi connectivity index (χ0n) is 16.9. The summed E-state index contributed by atoms with van der Waals surface area (Å²) in [5.41, 5.74) is 0.753. The summed E-state index contributed by atoms with van der Waals surface area (Å²) in [7, 11) is 0. The normalized spacial score (nSPS) is 26.3. The minimum absolute atomic E-state index is 0.0206. The van der Waals surface area contributed by atoms with Crippen molar-refractivity contribution in [3.05, 3.63) is 52.2 Å². The van der Waals surface area contributed by atoms with Crippen LogP contribution in [-0.4, -0.2) is 56.4 Å². The quantitative estimate of drug-likeness (QED) is 0.799. The van der Waals surface area contributed by atoms with E-state index in [1.807, 2.05) is 23.1 Å². The molecule has 0 spiro atoms. The SMILES string of the molecule is O=C(Cc1n[nH]c(=O)[nH]1)N1C[C@H]2CN(C(=O)C3CCCC3)[C@@H](c3ccccc3)[C@H]2C1. The Labute approximate surface area is 174 Å². The van der Waals surface area contributed by atoms with Gasteiger partial charge in [0.2, 0.25) is 11.8 Å². The second-order valence-electron chi connectivity index (χ2n) is 8.85. The van der Waals surface area contributed by atoms with Gasteiger partial charge >= 0.3 is 5.69 Å². The van der Waals surface area contributed by atoms with Crippen molar-refractivity contribution in [2.24, 2.45) is 17.8 Å². The Balaban J connectivity index is 1.35. The molecule has 158 valence electrons. The number of nitrogens with zero attached hydrogens (tertiary/aromatic N) is 3. The van der Waals surface area contributed by atoms with Crippen molar-refractivity contribution in [1.29, 1.82) is 0 Å². The Morgan fingerprint density at radius 2 is 1.83 bits per heavy atom. The Hall–Kier alpha value is -2.90. The van der Waals surface area contributed by atoms with Gasteiger partial charge in [-0.25, -0.2) is 9.89 Å². The zero-order valence-corrected chi connectivity index (χ0v) is 16.9. The molecule has 3 heterocycles. The van der Waals surface area contributed by atoms with Crippen LogP contribution in [-0.2, 0) is 16.0 Å². The van der Waals surface area contributed by atoms with Crippen molar-refractivity contribution in [2.75, 3.05) is 19.6 Å². The minimum atomic E-state index is -0.402. The van der Waals surface area contributed by atoms with Crippen LogP contribution in [0.25, 0.3) is 0 Å².